The van der Waals surface area contributed by atoms with Gasteiger partial charge in [0, 0.05) is 32.2 Å². The molecule has 0 radical (unpaired) electrons. The Morgan fingerprint density at radius 2 is 2.04 bits per heavy atom. The molecule has 3 N–H and O–H groups in total. The first-order valence-electron chi connectivity index (χ1n) is 9.42. The number of carbonyl (C=O) groups is 2. The van der Waals surface area contributed by atoms with Gasteiger partial charge in [-0.15, -0.1) is 24.0 Å². The highest BCUT2D eigenvalue weighted by atomic mass is 127. The maximum atomic E-state index is 11.8. The number of nitrogens with one attached hydrogen (secondary N) is 3. The third-order valence-electron chi connectivity index (χ3n) is 4.12. The van der Waals surface area contributed by atoms with Crippen molar-refractivity contribution in [1.29, 1.82) is 0 Å². The Morgan fingerprint density at radius 1 is 1.29 bits per heavy atom. The number of halogens is 1. The summed E-state index contributed by atoms with van der Waals surface area (Å²) in [6.45, 7) is 7.13. The molecular weight excluding hydrogens is 477 g/mol. The van der Waals surface area contributed by atoms with E-state index in [-0.39, 0.29) is 47.8 Å². The third kappa shape index (κ3) is 7.95. The second-order valence-corrected chi connectivity index (χ2v) is 6.10. The van der Waals surface area contributed by atoms with E-state index in [1.54, 1.807) is 17.0 Å². The van der Waals surface area contributed by atoms with Gasteiger partial charge in [-0.1, -0.05) is 0 Å². The second kappa shape index (κ2) is 13.2. The largest absolute Gasteiger partial charge is 0.459 e. The first-order chi connectivity index (χ1) is 13.1. The number of aliphatic imine (C=N–C) groups is 1. The predicted octanol–water partition coefficient (Wildman–Crippen LogP) is 1.80. The number of ether oxygens (including phenoxy) is 1. The van der Waals surface area contributed by atoms with Gasteiger partial charge in [0.1, 0.15) is 0 Å². The molecule has 1 aliphatic rings. The Labute approximate surface area is 182 Å². The van der Waals surface area contributed by atoms with Crippen LogP contribution in [0, 0.1) is 0 Å². The molecule has 10 heteroatoms. The van der Waals surface area contributed by atoms with Gasteiger partial charge in [-0.05, 0) is 38.8 Å². The molecule has 2 heterocycles. The SMILES string of the molecule is CCNC(=NCCNC(=O)c1ccco1)NC1CCN(C(=O)OCC)CC1.I. The lowest BCUT2D eigenvalue weighted by Gasteiger charge is -2.32. The summed E-state index contributed by atoms with van der Waals surface area (Å²) in [7, 11) is 0. The molecule has 2 amide bonds. The first kappa shape index (κ1) is 24.1. The number of furan rings is 1. The first-order valence-corrected chi connectivity index (χ1v) is 9.42. The number of likely N-dealkylation sites (tertiary alicyclic amines) is 1. The average molecular weight is 507 g/mol. The molecule has 1 aromatic heterocycles. The van der Waals surface area contributed by atoms with Gasteiger partial charge >= 0.3 is 6.09 Å². The zero-order valence-electron chi connectivity index (χ0n) is 16.4. The molecule has 0 aliphatic carbocycles. The summed E-state index contributed by atoms with van der Waals surface area (Å²) in [5, 5.41) is 9.36. The maximum absolute atomic E-state index is 11.8. The highest BCUT2D eigenvalue weighted by Gasteiger charge is 2.24. The number of nitrogens with zero attached hydrogens (tertiary/aromatic N) is 2. The zero-order valence-corrected chi connectivity index (χ0v) is 18.7. The fraction of sp³-hybridized carbons (Fsp3) is 0.611. The predicted molar refractivity (Wildman–Crippen MR) is 117 cm³/mol. The van der Waals surface area contributed by atoms with Gasteiger partial charge in [0.05, 0.1) is 19.4 Å². The summed E-state index contributed by atoms with van der Waals surface area (Å²) in [6.07, 6.45) is 2.88. The lowest BCUT2D eigenvalue weighted by molar-refractivity contribution is 0.0925. The van der Waals surface area contributed by atoms with Crippen molar-refractivity contribution in [2.24, 2.45) is 4.99 Å². The number of guanidine groups is 1. The Morgan fingerprint density at radius 3 is 2.64 bits per heavy atom. The van der Waals surface area contributed by atoms with Crippen molar-refractivity contribution < 1.29 is 18.7 Å². The standard InChI is InChI=1S/C18H29N5O4.HI/c1-3-19-17(21-10-9-20-16(24)15-6-5-13-27-15)22-14-7-11-23(12-8-14)18(25)26-4-2;/h5-6,13-14H,3-4,7-12H2,1-2H3,(H,20,24)(H2,19,21,22);1H. The lowest BCUT2D eigenvalue weighted by Crippen LogP contribution is -2.50. The summed E-state index contributed by atoms with van der Waals surface area (Å²) >= 11 is 0. The van der Waals surface area contributed by atoms with E-state index < -0.39 is 0 Å². The van der Waals surface area contributed by atoms with Gasteiger partial charge in [0.2, 0.25) is 0 Å². The van der Waals surface area contributed by atoms with Crippen LogP contribution in [0.5, 0.6) is 0 Å². The third-order valence-corrected chi connectivity index (χ3v) is 4.12. The van der Waals surface area contributed by atoms with Crippen LogP contribution < -0.4 is 16.0 Å². The average Bonchev–Trinajstić information content (AvgIpc) is 3.21. The van der Waals surface area contributed by atoms with E-state index in [0.29, 0.717) is 38.7 Å². The van der Waals surface area contributed by atoms with Crippen molar-refractivity contribution in [3.8, 4) is 0 Å². The van der Waals surface area contributed by atoms with E-state index in [0.717, 1.165) is 19.4 Å². The van der Waals surface area contributed by atoms with Crippen LogP contribution in [0.25, 0.3) is 0 Å². The molecule has 1 aromatic rings. The summed E-state index contributed by atoms with van der Waals surface area (Å²) in [5.74, 6) is 0.746. The Hall–Kier alpha value is -1.98. The van der Waals surface area contributed by atoms with E-state index in [1.165, 1.54) is 6.26 Å². The van der Waals surface area contributed by atoms with Crippen molar-refractivity contribution in [2.75, 3.05) is 39.3 Å². The van der Waals surface area contributed by atoms with Crippen LogP contribution in [0.3, 0.4) is 0 Å². The minimum absolute atomic E-state index is 0. The molecule has 0 aromatic carbocycles. The summed E-state index contributed by atoms with van der Waals surface area (Å²) in [5.41, 5.74) is 0. The quantitative estimate of drug-likeness (QED) is 0.225. The number of carbonyl (C=O) groups excluding carboxylic acids is 2. The molecule has 28 heavy (non-hydrogen) atoms. The molecule has 1 fully saturated rings. The topological polar surface area (TPSA) is 108 Å². The molecule has 0 atom stereocenters. The number of rotatable bonds is 7. The van der Waals surface area contributed by atoms with Gasteiger partial charge in [0.15, 0.2) is 11.7 Å². The molecule has 158 valence electrons. The minimum Gasteiger partial charge on any atom is -0.459 e. The summed E-state index contributed by atoms with van der Waals surface area (Å²) in [6, 6.07) is 3.53. The summed E-state index contributed by atoms with van der Waals surface area (Å²) < 4.78 is 10.1. The molecular formula is C18H30IN5O4. The van der Waals surface area contributed by atoms with Crippen molar-refractivity contribution in [3.63, 3.8) is 0 Å². The van der Waals surface area contributed by atoms with Crippen LogP contribution in [0.2, 0.25) is 0 Å². The second-order valence-electron chi connectivity index (χ2n) is 6.10. The Bertz CT molecular complexity index is 616. The van der Waals surface area contributed by atoms with Crippen LogP contribution in [0.1, 0.15) is 37.2 Å². The molecule has 0 spiro atoms. The van der Waals surface area contributed by atoms with Crippen LogP contribution in [0.15, 0.2) is 27.8 Å². The molecule has 9 nitrogen and oxygen atoms in total. The van der Waals surface area contributed by atoms with E-state index in [2.05, 4.69) is 20.9 Å². The molecule has 2 rings (SSSR count). The highest BCUT2D eigenvalue weighted by Crippen LogP contribution is 2.11. The maximum Gasteiger partial charge on any atom is 0.409 e. The number of hydrogen-bond donors (Lipinski definition) is 3. The van der Waals surface area contributed by atoms with Gasteiger partial charge in [0.25, 0.3) is 5.91 Å². The highest BCUT2D eigenvalue weighted by molar-refractivity contribution is 14.0. The lowest BCUT2D eigenvalue weighted by atomic mass is 10.1. The van der Waals surface area contributed by atoms with Crippen molar-refractivity contribution in [1.82, 2.24) is 20.9 Å². The number of amides is 2. The monoisotopic (exact) mass is 507 g/mol. The fourth-order valence-corrected chi connectivity index (χ4v) is 2.77. The van der Waals surface area contributed by atoms with Gasteiger partial charge in [-0.2, -0.15) is 0 Å². The Kier molecular flexibility index (Phi) is 11.4. The van der Waals surface area contributed by atoms with Crippen molar-refractivity contribution in [2.45, 2.75) is 32.7 Å². The van der Waals surface area contributed by atoms with Gasteiger partial charge in [-0.25, -0.2) is 4.79 Å². The normalized spacial score (nSPS) is 14.8. The molecule has 0 bridgehead atoms. The van der Waals surface area contributed by atoms with Crippen LogP contribution in [-0.2, 0) is 4.74 Å². The van der Waals surface area contributed by atoms with Crippen molar-refractivity contribution >= 4 is 41.9 Å². The Balaban J connectivity index is 0.00000392. The van der Waals surface area contributed by atoms with E-state index in [4.69, 9.17) is 9.15 Å². The van der Waals surface area contributed by atoms with Gasteiger partial charge < -0.3 is 30.0 Å². The van der Waals surface area contributed by atoms with Crippen molar-refractivity contribution in [3.05, 3.63) is 24.2 Å². The molecule has 1 saturated heterocycles. The number of piperidine rings is 1. The fourth-order valence-electron chi connectivity index (χ4n) is 2.77. The van der Waals surface area contributed by atoms with Gasteiger partial charge in [-0.3, -0.25) is 9.79 Å². The molecule has 0 unspecified atom stereocenters. The summed E-state index contributed by atoms with van der Waals surface area (Å²) in [4.78, 5) is 29.8. The van der Waals surface area contributed by atoms with E-state index >= 15 is 0 Å². The molecule has 1 aliphatic heterocycles. The van der Waals surface area contributed by atoms with E-state index in [9.17, 15) is 9.59 Å². The minimum atomic E-state index is -0.250. The van der Waals surface area contributed by atoms with E-state index in [1.807, 2.05) is 13.8 Å². The number of hydrogen-bond acceptors (Lipinski definition) is 5. The smallest absolute Gasteiger partial charge is 0.409 e. The van der Waals surface area contributed by atoms with Crippen LogP contribution in [-0.4, -0.2) is 68.2 Å². The zero-order chi connectivity index (χ0) is 19.5. The van der Waals surface area contributed by atoms with Crippen LogP contribution >= 0.6 is 24.0 Å². The van der Waals surface area contributed by atoms with Crippen LogP contribution in [0.4, 0.5) is 4.79 Å². The molecule has 0 saturated carbocycles.